The number of nitrogens with one attached hydrogen (secondary N) is 1. The summed E-state index contributed by atoms with van der Waals surface area (Å²) in [5.41, 5.74) is 2.94. The Morgan fingerprint density at radius 1 is 1.18 bits per heavy atom. The third-order valence-corrected chi connectivity index (χ3v) is 4.59. The number of carbonyl (C=O) groups is 1. The van der Waals surface area contributed by atoms with Crippen molar-refractivity contribution in [3.63, 3.8) is 0 Å². The predicted molar refractivity (Wildman–Crippen MR) is 91.3 cm³/mol. The van der Waals surface area contributed by atoms with E-state index in [9.17, 15) is 9.18 Å². The molecule has 0 bridgehead atoms. The van der Waals surface area contributed by atoms with E-state index in [4.69, 9.17) is 11.6 Å². The Morgan fingerprint density at radius 3 is 2.64 bits per heavy atom. The molecule has 0 unspecified atom stereocenters. The Morgan fingerprint density at radius 2 is 1.95 bits per heavy atom. The highest BCUT2D eigenvalue weighted by atomic mass is 35.5. The molecule has 0 radical (unpaired) electrons. The van der Waals surface area contributed by atoms with Gasteiger partial charge in [-0.1, -0.05) is 17.7 Å². The van der Waals surface area contributed by atoms with Crippen LogP contribution in [0.5, 0.6) is 0 Å². The molecule has 0 spiro atoms. The van der Waals surface area contributed by atoms with E-state index in [-0.39, 0.29) is 10.9 Å². The van der Waals surface area contributed by atoms with Crippen molar-refractivity contribution in [3.05, 3.63) is 58.4 Å². The zero-order valence-corrected chi connectivity index (χ0v) is 14.0. The van der Waals surface area contributed by atoms with Gasteiger partial charge in [-0.05, 0) is 55.3 Å². The van der Waals surface area contributed by atoms with Crippen LogP contribution in [0.3, 0.4) is 0 Å². The van der Waals surface area contributed by atoms with E-state index in [2.05, 4.69) is 37.4 Å². The van der Waals surface area contributed by atoms with Crippen molar-refractivity contribution in [2.24, 2.45) is 0 Å². The number of halogens is 2. The molecule has 0 aliphatic heterocycles. The van der Waals surface area contributed by atoms with Gasteiger partial charge in [0.2, 0.25) is 5.91 Å². The zero-order chi connectivity index (χ0) is 16.1. The molecule has 2 rings (SSSR count). The highest BCUT2D eigenvalue weighted by molar-refractivity contribution is 7.99. The minimum atomic E-state index is -0.423. The van der Waals surface area contributed by atoms with Crippen molar-refractivity contribution in [1.82, 2.24) is 0 Å². The van der Waals surface area contributed by atoms with E-state index in [0.717, 1.165) is 4.90 Å². The van der Waals surface area contributed by atoms with Gasteiger partial charge in [-0.25, -0.2) is 4.39 Å². The first-order chi connectivity index (χ1) is 10.5. The van der Waals surface area contributed by atoms with Gasteiger partial charge in [0.05, 0.1) is 10.7 Å². The van der Waals surface area contributed by atoms with Crippen LogP contribution in [0, 0.1) is 19.7 Å². The summed E-state index contributed by atoms with van der Waals surface area (Å²) in [5, 5.41) is 2.90. The lowest BCUT2D eigenvalue weighted by molar-refractivity contribution is -0.115. The second kappa shape index (κ2) is 7.65. The Bertz CT molecular complexity index is 690. The Kier molecular flexibility index (Phi) is 5.86. The Hall–Kier alpha value is -1.52. The van der Waals surface area contributed by atoms with Gasteiger partial charge in [0.1, 0.15) is 5.82 Å². The number of aryl methyl sites for hydroxylation is 2. The lowest BCUT2D eigenvalue weighted by Crippen LogP contribution is -2.12. The van der Waals surface area contributed by atoms with Crippen molar-refractivity contribution in [1.29, 1.82) is 0 Å². The SMILES string of the molecule is Cc1ccc(SCCC(=O)Nc2ccc(F)cc2Cl)cc1C. The van der Waals surface area contributed by atoms with E-state index in [1.807, 2.05) is 0 Å². The molecule has 22 heavy (non-hydrogen) atoms. The fourth-order valence-corrected chi connectivity index (χ4v) is 3.03. The molecule has 0 saturated carbocycles. The molecule has 0 heterocycles. The van der Waals surface area contributed by atoms with Crippen molar-refractivity contribution >= 4 is 35.0 Å². The summed E-state index contributed by atoms with van der Waals surface area (Å²) in [6.07, 6.45) is 0.366. The molecule has 0 aromatic heterocycles. The molecular formula is C17H17ClFNOS. The summed E-state index contributed by atoms with van der Waals surface area (Å²) in [5.74, 6) is 0.116. The lowest BCUT2D eigenvalue weighted by Gasteiger charge is -2.08. The maximum absolute atomic E-state index is 12.9. The van der Waals surface area contributed by atoms with E-state index >= 15 is 0 Å². The van der Waals surface area contributed by atoms with Crippen molar-refractivity contribution in [3.8, 4) is 0 Å². The molecule has 0 aliphatic rings. The second-order valence-corrected chi connectivity index (χ2v) is 6.59. The molecule has 0 atom stereocenters. The van der Waals surface area contributed by atoms with Gasteiger partial charge < -0.3 is 5.32 Å². The maximum atomic E-state index is 12.9. The van der Waals surface area contributed by atoms with Crippen LogP contribution in [0.25, 0.3) is 0 Å². The molecule has 1 N–H and O–H groups in total. The molecule has 1 amide bonds. The van der Waals surface area contributed by atoms with E-state index < -0.39 is 5.82 Å². The van der Waals surface area contributed by atoms with Crippen LogP contribution in [-0.4, -0.2) is 11.7 Å². The number of hydrogen-bond donors (Lipinski definition) is 1. The molecule has 116 valence electrons. The van der Waals surface area contributed by atoms with Gasteiger partial charge in [-0.3, -0.25) is 4.79 Å². The predicted octanol–water partition coefficient (Wildman–Crippen LogP) is 5.22. The highest BCUT2D eigenvalue weighted by Gasteiger charge is 2.07. The van der Waals surface area contributed by atoms with Gasteiger partial charge in [-0.15, -0.1) is 11.8 Å². The summed E-state index contributed by atoms with van der Waals surface area (Å²) < 4.78 is 12.9. The van der Waals surface area contributed by atoms with Crippen molar-refractivity contribution < 1.29 is 9.18 Å². The number of rotatable bonds is 5. The average molecular weight is 338 g/mol. The molecule has 2 aromatic rings. The molecule has 0 fully saturated rings. The summed E-state index contributed by atoms with van der Waals surface area (Å²) in [7, 11) is 0. The monoisotopic (exact) mass is 337 g/mol. The first-order valence-corrected chi connectivity index (χ1v) is 8.27. The summed E-state index contributed by atoms with van der Waals surface area (Å²) in [6.45, 7) is 4.15. The van der Waals surface area contributed by atoms with E-state index in [1.54, 1.807) is 11.8 Å². The zero-order valence-electron chi connectivity index (χ0n) is 12.5. The standard InChI is InChI=1S/C17H17ClFNOS/c1-11-3-5-14(9-12(11)2)22-8-7-17(21)20-16-6-4-13(19)10-15(16)18/h3-6,9-10H,7-8H2,1-2H3,(H,20,21). The normalized spacial score (nSPS) is 10.5. The number of carbonyl (C=O) groups excluding carboxylic acids is 1. The van der Waals surface area contributed by atoms with Crippen LogP contribution in [0.15, 0.2) is 41.3 Å². The summed E-state index contributed by atoms with van der Waals surface area (Å²) in [4.78, 5) is 13.0. The van der Waals surface area contributed by atoms with Gasteiger partial charge in [-0.2, -0.15) is 0 Å². The third-order valence-electron chi connectivity index (χ3n) is 3.28. The van der Waals surface area contributed by atoms with E-state index in [1.165, 1.54) is 29.3 Å². The largest absolute Gasteiger partial charge is 0.325 e. The molecule has 0 aliphatic carbocycles. The van der Waals surface area contributed by atoms with Crippen LogP contribution < -0.4 is 5.32 Å². The van der Waals surface area contributed by atoms with Crippen LogP contribution in [-0.2, 0) is 4.79 Å². The number of anilines is 1. The Balaban J connectivity index is 1.83. The molecular weight excluding hydrogens is 321 g/mol. The van der Waals surface area contributed by atoms with Crippen LogP contribution in [0.2, 0.25) is 5.02 Å². The highest BCUT2D eigenvalue weighted by Crippen LogP contribution is 2.24. The average Bonchev–Trinajstić information content (AvgIpc) is 2.46. The first kappa shape index (κ1) is 16.8. The van der Waals surface area contributed by atoms with Crippen LogP contribution >= 0.6 is 23.4 Å². The molecule has 0 saturated heterocycles. The minimum absolute atomic E-state index is 0.134. The van der Waals surface area contributed by atoms with Gasteiger partial charge in [0, 0.05) is 17.1 Å². The van der Waals surface area contributed by atoms with Crippen molar-refractivity contribution in [2.45, 2.75) is 25.2 Å². The lowest BCUT2D eigenvalue weighted by atomic mass is 10.1. The number of benzene rings is 2. The number of thioether (sulfide) groups is 1. The molecule has 5 heteroatoms. The summed E-state index contributed by atoms with van der Waals surface area (Å²) >= 11 is 7.51. The van der Waals surface area contributed by atoms with E-state index in [0.29, 0.717) is 17.9 Å². The third kappa shape index (κ3) is 4.75. The molecule has 2 nitrogen and oxygen atoms in total. The van der Waals surface area contributed by atoms with Crippen LogP contribution in [0.4, 0.5) is 10.1 Å². The first-order valence-electron chi connectivity index (χ1n) is 6.90. The smallest absolute Gasteiger partial charge is 0.225 e. The fourth-order valence-electron chi connectivity index (χ4n) is 1.87. The van der Waals surface area contributed by atoms with Crippen molar-refractivity contribution in [2.75, 3.05) is 11.1 Å². The topological polar surface area (TPSA) is 29.1 Å². The van der Waals surface area contributed by atoms with Gasteiger partial charge in [0.15, 0.2) is 0 Å². The summed E-state index contributed by atoms with van der Waals surface area (Å²) in [6, 6.07) is 10.2. The van der Waals surface area contributed by atoms with Crippen LogP contribution in [0.1, 0.15) is 17.5 Å². The quantitative estimate of drug-likeness (QED) is 0.758. The minimum Gasteiger partial charge on any atom is -0.325 e. The number of amides is 1. The van der Waals surface area contributed by atoms with Gasteiger partial charge in [0.25, 0.3) is 0 Å². The Labute approximate surface area is 139 Å². The molecule has 2 aromatic carbocycles. The maximum Gasteiger partial charge on any atom is 0.225 e. The second-order valence-electron chi connectivity index (χ2n) is 5.02. The van der Waals surface area contributed by atoms with Gasteiger partial charge >= 0.3 is 0 Å². The number of hydrogen-bond acceptors (Lipinski definition) is 2. The fraction of sp³-hybridized carbons (Fsp3) is 0.235.